The third kappa shape index (κ3) is 2.98. The summed E-state index contributed by atoms with van der Waals surface area (Å²) in [7, 11) is -4.71. The van der Waals surface area contributed by atoms with Gasteiger partial charge in [0.25, 0.3) is 5.91 Å². The topological polar surface area (TPSA) is 74.7 Å². The Morgan fingerprint density at radius 1 is 1.05 bits per heavy atom. The van der Waals surface area contributed by atoms with Crippen LogP contribution in [0.5, 0.6) is 0 Å². The van der Waals surface area contributed by atoms with E-state index in [1.54, 1.807) is 30.3 Å². The molecule has 0 spiro atoms. The summed E-state index contributed by atoms with van der Waals surface area (Å²) in [6.07, 6.45) is 0. The standard InChI is InChI=1S/C13H10NO4S/c15-13(11-7-3-1-4-8-11)14(19(16,17)18)12-9-5-2-6-10-12/h1-9H,(H,16,17,18). The van der Waals surface area contributed by atoms with Crippen LogP contribution in [0.3, 0.4) is 0 Å². The normalized spacial score (nSPS) is 11.0. The molecular weight excluding hydrogens is 266 g/mol. The predicted octanol–water partition coefficient (Wildman–Crippen LogP) is 1.94. The number of carbonyl (C=O) groups excluding carboxylic acids is 1. The second-order valence-electron chi connectivity index (χ2n) is 3.66. The van der Waals surface area contributed by atoms with Crippen molar-refractivity contribution in [3.8, 4) is 0 Å². The lowest BCUT2D eigenvalue weighted by molar-refractivity contribution is 0.100. The third-order valence-electron chi connectivity index (χ3n) is 2.35. The highest BCUT2D eigenvalue weighted by atomic mass is 32.2. The Hall–Kier alpha value is -2.18. The molecule has 6 heteroatoms. The van der Waals surface area contributed by atoms with E-state index in [1.807, 2.05) is 0 Å². The number of para-hydroxylation sites is 1. The maximum absolute atomic E-state index is 12.2. The molecule has 0 fully saturated rings. The number of hydrogen-bond acceptors (Lipinski definition) is 3. The SMILES string of the molecule is O=C(c1ccccc1)N(c1[c]cccc1)S(=O)(=O)O. The zero-order chi connectivity index (χ0) is 13.9. The van der Waals surface area contributed by atoms with Gasteiger partial charge in [-0.1, -0.05) is 36.4 Å². The molecule has 0 bridgehead atoms. The largest absolute Gasteiger partial charge is 0.366 e. The van der Waals surface area contributed by atoms with Crippen molar-refractivity contribution < 1.29 is 17.8 Å². The lowest BCUT2D eigenvalue weighted by Gasteiger charge is -2.18. The molecule has 0 saturated heterocycles. The Bertz CT molecular complexity index is 668. The first kappa shape index (κ1) is 13.3. The molecule has 97 valence electrons. The molecule has 2 aromatic rings. The molecule has 0 atom stereocenters. The van der Waals surface area contributed by atoms with Crippen LogP contribution in [0.15, 0.2) is 54.6 Å². The molecule has 1 N–H and O–H groups in total. The van der Waals surface area contributed by atoms with E-state index in [0.29, 0.717) is 4.31 Å². The Morgan fingerprint density at radius 2 is 1.68 bits per heavy atom. The second-order valence-corrected chi connectivity index (χ2v) is 4.92. The molecule has 0 aliphatic carbocycles. The molecule has 0 aliphatic heterocycles. The summed E-state index contributed by atoms with van der Waals surface area (Å²) in [5.74, 6) is -0.842. The molecule has 5 nitrogen and oxygen atoms in total. The molecule has 0 aromatic heterocycles. The fraction of sp³-hybridized carbons (Fsp3) is 0. The molecule has 1 radical (unpaired) electrons. The fourth-order valence-corrected chi connectivity index (χ4v) is 2.22. The van der Waals surface area contributed by atoms with Gasteiger partial charge >= 0.3 is 10.3 Å². The van der Waals surface area contributed by atoms with Crippen molar-refractivity contribution in [1.29, 1.82) is 0 Å². The molecule has 2 aromatic carbocycles. The number of benzene rings is 2. The minimum absolute atomic E-state index is 0.0427. The summed E-state index contributed by atoms with van der Waals surface area (Å²) >= 11 is 0. The Morgan fingerprint density at radius 3 is 2.21 bits per heavy atom. The van der Waals surface area contributed by atoms with E-state index in [2.05, 4.69) is 6.07 Å². The van der Waals surface area contributed by atoms with Gasteiger partial charge in [-0.2, -0.15) is 12.7 Å². The summed E-state index contributed by atoms with van der Waals surface area (Å²) in [6.45, 7) is 0. The zero-order valence-electron chi connectivity index (χ0n) is 9.72. The average molecular weight is 276 g/mol. The summed E-state index contributed by atoms with van der Waals surface area (Å²) in [5.41, 5.74) is 0.108. The summed E-state index contributed by atoms with van der Waals surface area (Å²) in [5, 5.41) is 0. The third-order valence-corrected chi connectivity index (χ3v) is 3.17. The molecular formula is C13H10NO4S. The molecule has 2 rings (SSSR count). The quantitative estimate of drug-likeness (QED) is 0.869. The zero-order valence-corrected chi connectivity index (χ0v) is 10.5. The maximum atomic E-state index is 12.2. The first-order chi connectivity index (χ1) is 9.00. The van der Waals surface area contributed by atoms with E-state index < -0.39 is 16.2 Å². The van der Waals surface area contributed by atoms with Crippen molar-refractivity contribution in [2.45, 2.75) is 0 Å². The lowest BCUT2D eigenvalue weighted by Crippen LogP contribution is -2.36. The van der Waals surface area contributed by atoms with Crippen LogP contribution in [0.4, 0.5) is 5.69 Å². The second kappa shape index (κ2) is 5.21. The minimum Gasteiger partial charge on any atom is -0.269 e. The van der Waals surface area contributed by atoms with E-state index in [1.165, 1.54) is 24.3 Å². The molecule has 0 heterocycles. The van der Waals surface area contributed by atoms with E-state index in [0.717, 1.165) is 0 Å². The molecule has 0 saturated carbocycles. The molecule has 1 amide bonds. The van der Waals surface area contributed by atoms with Gasteiger partial charge in [-0.15, -0.1) is 0 Å². The minimum atomic E-state index is -4.71. The first-order valence-corrected chi connectivity index (χ1v) is 6.73. The highest BCUT2D eigenvalue weighted by molar-refractivity contribution is 7.88. The van der Waals surface area contributed by atoms with Gasteiger partial charge in [0.05, 0.1) is 5.69 Å². The molecule has 0 aliphatic rings. The number of nitrogens with zero attached hydrogens (tertiary/aromatic N) is 1. The van der Waals surface area contributed by atoms with Crippen molar-refractivity contribution in [3.05, 3.63) is 66.2 Å². The van der Waals surface area contributed by atoms with Crippen LogP contribution >= 0.6 is 0 Å². The maximum Gasteiger partial charge on any atom is 0.366 e. The number of amides is 1. The number of rotatable bonds is 3. The fourth-order valence-electron chi connectivity index (χ4n) is 1.55. The van der Waals surface area contributed by atoms with Crippen LogP contribution in [0.2, 0.25) is 0 Å². The van der Waals surface area contributed by atoms with E-state index in [-0.39, 0.29) is 11.3 Å². The van der Waals surface area contributed by atoms with Gasteiger partial charge in [0, 0.05) is 11.6 Å². The highest BCUT2D eigenvalue weighted by Gasteiger charge is 2.28. The van der Waals surface area contributed by atoms with Gasteiger partial charge in [0.1, 0.15) is 0 Å². The van der Waals surface area contributed by atoms with Crippen molar-refractivity contribution in [2.75, 3.05) is 4.31 Å². The smallest absolute Gasteiger partial charge is 0.269 e. The number of anilines is 1. The van der Waals surface area contributed by atoms with Crippen LogP contribution < -0.4 is 4.31 Å². The van der Waals surface area contributed by atoms with Crippen molar-refractivity contribution >= 4 is 21.9 Å². The van der Waals surface area contributed by atoms with Crippen molar-refractivity contribution in [1.82, 2.24) is 0 Å². The van der Waals surface area contributed by atoms with Gasteiger partial charge < -0.3 is 0 Å². The summed E-state index contributed by atoms with van der Waals surface area (Å²) in [4.78, 5) is 12.2. The van der Waals surface area contributed by atoms with Gasteiger partial charge in [0.15, 0.2) is 0 Å². The lowest BCUT2D eigenvalue weighted by atomic mass is 10.2. The van der Waals surface area contributed by atoms with E-state index >= 15 is 0 Å². The Labute approximate surface area is 111 Å². The average Bonchev–Trinajstić information content (AvgIpc) is 2.39. The summed E-state index contributed by atoms with van der Waals surface area (Å²) < 4.78 is 32.3. The number of hydrogen-bond donors (Lipinski definition) is 1. The first-order valence-electron chi connectivity index (χ1n) is 5.34. The van der Waals surface area contributed by atoms with Crippen LogP contribution in [0, 0.1) is 6.07 Å². The van der Waals surface area contributed by atoms with E-state index in [9.17, 15) is 17.8 Å². The monoisotopic (exact) mass is 276 g/mol. The van der Waals surface area contributed by atoms with Crippen molar-refractivity contribution in [2.24, 2.45) is 0 Å². The molecule has 0 unspecified atom stereocenters. The van der Waals surface area contributed by atoms with Gasteiger partial charge in [-0.3, -0.25) is 9.35 Å². The highest BCUT2D eigenvalue weighted by Crippen LogP contribution is 2.19. The van der Waals surface area contributed by atoms with Crippen LogP contribution in [0.25, 0.3) is 0 Å². The molecule has 19 heavy (non-hydrogen) atoms. The predicted molar refractivity (Wildman–Crippen MR) is 70.1 cm³/mol. The van der Waals surface area contributed by atoms with Crippen molar-refractivity contribution in [3.63, 3.8) is 0 Å². The summed E-state index contributed by atoms with van der Waals surface area (Å²) in [6, 6.07) is 16.4. The Kier molecular flexibility index (Phi) is 3.64. The van der Waals surface area contributed by atoms with E-state index in [4.69, 9.17) is 0 Å². The number of carbonyl (C=O) groups is 1. The van der Waals surface area contributed by atoms with Crippen LogP contribution in [0.1, 0.15) is 10.4 Å². The van der Waals surface area contributed by atoms with Gasteiger partial charge in [-0.25, -0.2) is 0 Å². The van der Waals surface area contributed by atoms with Crippen LogP contribution in [-0.2, 0) is 10.3 Å². The van der Waals surface area contributed by atoms with Gasteiger partial charge in [-0.05, 0) is 18.2 Å². The Balaban J connectivity index is 2.50. The van der Waals surface area contributed by atoms with Crippen LogP contribution in [-0.4, -0.2) is 18.9 Å². The van der Waals surface area contributed by atoms with Gasteiger partial charge in [0.2, 0.25) is 0 Å².